The first-order chi connectivity index (χ1) is 56.2. The SMILES string of the molecule is CC(C)CCCC(C)CCCC(C)CCCC(C)CCOCC(CO[C@H](O)/C(OC(=O)c1ccccc1)=C(\OC(=O)c1ccccc1)[C@@H](CCOC(=O)c1ccccc1)O[C@@H]1OC2COC(c3ccccc3)O[C@@H]2C(OC(=O)c2ccccc2)CC1OC(=O)c1ccccc1)OCCC(C)CCCC(C)CCCC(C)CCCC(C)C. The summed E-state index contributed by atoms with van der Waals surface area (Å²) in [6.07, 6.45) is 10.3. The average molecular weight is 1600 g/mol. The highest BCUT2D eigenvalue weighted by molar-refractivity contribution is 5.92. The zero-order valence-corrected chi connectivity index (χ0v) is 70.8. The highest BCUT2D eigenvalue weighted by Crippen LogP contribution is 2.39. The van der Waals surface area contributed by atoms with Crippen LogP contribution in [0.4, 0.5) is 0 Å². The van der Waals surface area contributed by atoms with Gasteiger partial charge in [0.15, 0.2) is 24.4 Å². The first kappa shape index (κ1) is 93.6. The van der Waals surface area contributed by atoms with Gasteiger partial charge in [-0.15, -0.1) is 0 Å². The second kappa shape index (κ2) is 52.1. The number of hydrogen-bond donors (Lipinski definition) is 1. The largest absolute Gasteiger partial charge is 0.462 e. The first-order valence-corrected chi connectivity index (χ1v) is 43.3. The maximum Gasteiger partial charge on any atom is 0.343 e. The zero-order chi connectivity index (χ0) is 82.8. The molecule has 18 heteroatoms. The number of carbonyl (C=O) groups excluding carboxylic acids is 5. The summed E-state index contributed by atoms with van der Waals surface area (Å²) in [6.45, 7) is 23.2. The number of fused-ring (bicyclic) bond motifs is 1. The Kier molecular flexibility index (Phi) is 42.0. The molecule has 6 aromatic carbocycles. The van der Waals surface area contributed by atoms with E-state index in [1.807, 2.05) is 30.3 Å². The normalized spacial score (nSPS) is 19.5. The third-order valence-corrected chi connectivity index (χ3v) is 22.2. The topological polar surface area (TPSA) is 216 Å². The van der Waals surface area contributed by atoms with Crippen molar-refractivity contribution < 1.29 is 85.9 Å². The number of ether oxygens (including phenoxy) is 12. The van der Waals surface area contributed by atoms with Gasteiger partial charge in [-0.3, -0.25) is 0 Å². The number of aliphatic hydroxyl groups is 1. The van der Waals surface area contributed by atoms with Crippen LogP contribution >= 0.6 is 0 Å². The van der Waals surface area contributed by atoms with Gasteiger partial charge < -0.3 is 61.9 Å². The van der Waals surface area contributed by atoms with Crippen LogP contribution in [0.25, 0.3) is 0 Å². The van der Waals surface area contributed by atoms with Gasteiger partial charge in [0.25, 0.3) is 0 Å². The van der Waals surface area contributed by atoms with Gasteiger partial charge in [0.1, 0.15) is 30.5 Å². The molecule has 2 fully saturated rings. The molecular formula is C98H134O18. The van der Waals surface area contributed by atoms with E-state index in [0.29, 0.717) is 42.4 Å². The Labute approximate surface area is 692 Å². The second-order valence-corrected chi connectivity index (χ2v) is 33.6. The summed E-state index contributed by atoms with van der Waals surface area (Å²) in [7, 11) is 0. The third-order valence-electron chi connectivity index (χ3n) is 22.2. The lowest BCUT2D eigenvalue weighted by Gasteiger charge is -2.38. The van der Waals surface area contributed by atoms with Crippen molar-refractivity contribution in [2.45, 2.75) is 266 Å². The summed E-state index contributed by atoms with van der Waals surface area (Å²) >= 11 is 0. The third kappa shape index (κ3) is 34.2. The number of rotatable bonds is 53. The molecule has 2 heterocycles. The molecule has 0 radical (unpaired) electrons. The van der Waals surface area contributed by atoms with Crippen LogP contribution in [0.2, 0.25) is 0 Å². The van der Waals surface area contributed by atoms with Crippen molar-refractivity contribution in [3.05, 3.63) is 227 Å². The molecule has 634 valence electrons. The molecule has 1 N–H and O–H groups in total. The van der Waals surface area contributed by atoms with Crippen LogP contribution in [-0.4, -0.2) is 124 Å². The van der Waals surface area contributed by atoms with Crippen molar-refractivity contribution in [3.63, 3.8) is 0 Å². The van der Waals surface area contributed by atoms with Gasteiger partial charge in [-0.25, -0.2) is 24.0 Å². The highest BCUT2D eigenvalue weighted by atomic mass is 16.8. The molecule has 2 aliphatic rings. The Morgan fingerprint density at radius 2 is 0.767 bits per heavy atom. The van der Waals surface area contributed by atoms with E-state index in [9.17, 15) is 24.3 Å². The Hall–Kier alpha value is -7.91. The van der Waals surface area contributed by atoms with Crippen molar-refractivity contribution in [2.24, 2.45) is 47.3 Å². The van der Waals surface area contributed by atoms with Gasteiger partial charge in [0, 0.05) is 31.6 Å². The van der Waals surface area contributed by atoms with Gasteiger partial charge >= 0.3 is 29.8 Å². The van der Waals surface area contributed by atoms with Crippen LogP contribution < -0.4 is 0 Å². The van der Waals surface area contributed by atoms with Gasteiger partial charge in [0.05, 0.1) is 54.2 Å². The molecule has 18 nitrogen and oxygen atoms in total. The van der Waals surface area contributed by atoms with Crippen molar-refractivity contribution >= 4 is 29.8 Å². The number of aliphatic hydroxyl groups excluding tert-OH is 1. The van der Waals surface area contributed by atoms with Crippen LogP contribution in [0.5, 0.6) is 0 Å². The molecule has 0 saturated carbocycles. The summed E-state index contributed by atoms with van der Waals surface area (Å²) < 4.78 is 78.9. The van der Waals surface area contributed by atoms with Crippen molar-refractivity contribution in [1.29, 1.82) is 0 Å². The molecule has 2 saturated heterocycles. The maximum absolute atomic E-state index is 15.1. The molecule has 0 amide bonds. The monoisotopic (exact) mass is 1600 g/mol. The molecule has 6 aromatic rings. The molecule has 0 spiro atoms. The van der Waals surface area contributed by atoms with Crippen LogP contribution in [0, 0.1) is 47.3 Å². The Morgan fingerprint density at radius 1 is 0.388 bits per heavy atom. The Morgan fingerprint density at radius 3 is 1.21 bits per heavy atom. The fourth-order valence-corrected chi connectivity index (χ4v) is 14.9. The molecule has 0 aromatic heterocycles. The van der Waals surface area contributed by atoms with Crippen LogP contribution in [-0.2, 0) is 56.8 Å². The van der Waals surface area contributed by atoms with Crippen LogP contribution in [0.1, 0.15) is 274 Å². The van der Waals surface area contributed by atoms with Gasteiger partial charge in [-0.05, 0) is 121 Å². The number of carbonyl (C=O) groups is 5. The molecule has 2 aliphatic heterocycles. The smallest absolute Gasteiger partial charge is 0.343 e. The van der Waals surface area contributed by atoms with Crippen LogP contribution in [0.3, 0.4) is 0 Å². The highest BCUT2D eigenvalue weighted by Gasteiger charge is 2.50. The lowest BCUT2D eigenvalue weighted by molar-refractivity contribution is -0.307. The average Bonchev–Trinajstić information content (AvgIpc) is 1.58. The standard InChI is InChI=1S/C98H134O18/c1-69(2)35-29-37-71(5)39-31-41-73(7)43-33-45-75(9)59-62-105-66-83(106-63-60-76(10)46-34-44-74(8)42-32-40-72(6)38-30-36-70(3)4)67-108-96(104)90(115-95(103)81-55-25-15-26-56-81)89(114-94(102)80-53-23-14-24-54-80)84(61-64-107-91(99)77-47-17-11-18-48-77)112-98-86(111-93(101)79-51-21-13-22-52-79)65-85(110-92(100)78-49-19-12-20-50-78)88-87(113-98)68-109-97(116-88)82-57-27-16-28-58-82/h11-28,47-58,69-76,83-88,96-98,104H,29-46,59-68H2,1-10H3/b90-89+/t71?,72?,73?,74?,75?,76?,83?,84-,85?,86?,87?,88-,96+,97?,98-/m1/s1. The van der Waals surface area contributed by atoms with E-state index in [4.69, 9.17) is 56.8 Å². The van der Waals surface area contributed by atoms with E-state index in [1.54, 1.807) is 127 Å². The summed E-state index contributed by atoms with van der Waals surface area (Å²) in [6, 6.07) is 50.1. The van der Waals surface area contributed by atoms with Gasteiger partial charge in [0.2, 0.25) is 12.0 Å². The minimum Gasteiger partial charge on any atom is -0.462 e. The number of hydrogen-bond acceptors (Lipinski definition) is 18. The summed E-state index contributed by atoms with van der Waals surface area (Å²) in [5.41, 5.74) is 1.33. The molecule has 15 atom stereocenters. The summed E-state index contributed by atoms with van der Waals surface area (Å²) in [5.74, 6) is -0.541. The van der Waals surface area contributed by atoms with E-state index in [1.165, 1.54) is 108 Å². The molecule has 11 unspecified atom stereocenters. The second-order valence-electron chi connectivity index (χ2n) is 33.6. The number of esters is 5. The Balaban J connectivity index is 1.12. The maximum atomic E-state index is 15.1. The molecule has 8 rings (SSSR count). The minimum atomic E-state index is -2.25. The predicted octanol–water partition coefficient (Wildman–Crippen LogP) is 21.9. The molecular weight excluding hydrogens is 1470 g/mol. The zero-order valence-electron chi connectivity index (χ0n) is 70.8. The van der Waals surface area contributed by atoms with E-state index in [-0.39, 0.29) is 54.1 Å². The van der Waals surface area contributed by atoms with E-state index < -0.39 is 110 Å². The number of benzene rings is 6. The molecule has 116 heavy (non-hydrogen) atoms. The van der Waals surface area contributed by atoms with Gasteiger partial charge in [-0.2, -0.15) is 0 Å². The summed E-state index contributed by atoms with van der Waals surface area (Å²) in [5, 5.41) is 13.1. The molecule has 0 aliphatic carbocycles. The lowest BCUT2D eigenvalue weighted by atomic mass is 9.91. The van der Waals surface area contributed by atoms with Gasteiger partial charge in [-0.1, -0.05) is 306 Å². The van der Waals surface area contributed by atoms with Crippen LogP contribution in [0.15, 0.2) is 194 Å². The van der Waals surface area contributed by atoms with E-state index in [0.717, 1.165) is 68.6 Å². The fourth-order valence-electron chi connectivity index (χ4n) is 14.9. The lowest BCUT2D eigenvalue weighted by Crippen LogP contribution is -2.49. The van der Waals surface area contributed by atoms with E-state index in [2.05, 4.69) is 69.2 Å². The Bertz CT molecular complexity index is 3750. The minimum absolute atomic E-state index is 0.0357. The fraction of sp³-hybridized carbons (Fsp3) is 0.561. The van der Waals surface area contributed by atoms with Crippen molar-refractivity contribution in [1.82, 2.24) is 0 Å². The van der Waals surface area contributed by atoms with E-state index >= 15 is 4.79 Å². The predicted molar refractivity (Wildman–Crippen MR) is 451 cm³/mol. The van der Waals surface area contributed by atoms with Crippen molar-refractivity contribution in [3.8, 4) is 0 Å². The quantitative estimate of drug-likeness (QED) is 0.0123. The summed E-state index contributed by atoms with van der Waals surface area (Å²) in [4.78, 5) is 73.0. The van der Waals surface area contributed by atoms with Crippen molar-refractivity contribution in [2.75, 3.05) is 39.6 Å². The molecule has 0 bridgehead atoms. The first-order valence-electron chi connectivity index (χ1n) is 43.3.